The standard InChI is InChI=1S/C19H20FN3S2/c1-3-5-17-11-15(13-24-17)18-21-22-19(23(18)10-4-2)25-12-14-6-8-16(20)9-7-14/h4,6-9,11,13H,2-3,5,10,12H2,1H3. The number of halogens is 1. The third-order valence-electron chi connectivity index (χ3n) is 3.72. The Kier molecular flexibility index (Phi) is 6.04. The molecule has 0 atom stereocenters. The predicted octanol–water partition coefficient (Wildman–Crippen LogP) is 5.58. The monoisotopic (exact) mass is 373 g/mol. The highest BCUT2D eigenvalue weighted by Crippen LogP contribution is 2.29. The van der Waals surface area contributed by atoms with Crippen molar-refractivity contribution in [3.05, 3.63) is 64.6 Å². The van der Waals surface area contributed by atoms with Crippen molar-refractivity contribution in [1.82, 2.24) is 14.8 Å². The summed E-state index contributed by atoms with van der Waals surface area (Å²) >= 11 is 3.37. The molecule has 0 saturated carbocycles. The summed E-state index contributed by atoms with van der Waals surface area (Å²) in [5.41, 5.74) is 2.17. The van der Waals surface area contributed by atoms with E-state index in [0.29, 0.717) is 6.54 Å². The average molecular weight is 374 g/mol. The number of hydrogen-bond acceptors (Lipinski definition) is 4. The van der Waals surface area contributed by atoms with E-state index in [1.165, 1.54) is 17.0 Å². The number of nitrogens with zero attached hydrogens (tertiary/aromatic N) is 3. The topological polar surface area (TPSA) is 30.7 Å². The number of aromatic nitrogens is 3. The van der Waals surface area contributed by atoms with Crippen LogP contribution in [0.1, 0.15) is 23.8 Å². The number of thioether (sulfide) groups is 1. The molecule has 0 aliphatic heterocycles. The molecular weight excluding hydrogens is 353 g/mol. The van der Waals surface area contributed by atoms with E-state index < -0.39 is 0 Å². The van der Waals surface area contributed by atoms with Crippen molar-refractivity contribution in [2.75, 3.05) is 0 Å². The van der Waals surface area contributed by atoms with Crippen LogP contribution in [0.15, 0.2) is 53.5 Å². The van der Waals surface area contributed by atoms with Crippen LogP contribution in [-0.4, -0.2) is 14.8 Å². The second kappa shape index (κ2) is 8.45. The molecule has 0 amide bonds. The van der Waals surface area contributed by atoms with E-state index in [9.17, 15) is 4.39 Å². The summed E-state index contributed by atoms with van der Waals surface area (Å²) in [7, 11) is 0. The minimum atomic E-state index is -0.216. The van der Waals surface area contributed by atoms with Gasteiger partial charge in [-0.05, 0) is 30.2 Å². The number of aryl methyl sites for hydroxylation is 1. The lowest BCUT2D eigenvalue weighted by atomic mass is 10.2. The lowest BCUT2D eigenvalue weighted by molar-refractivity contribution is 0.627. The van der Waals surface area contributed by atoms with Gasteiger partial charge in [-0.2, -0.15) is 0 Å². The van der Waals surface area contributed by atoms with Crippen LogP contribution >= 0.6 is 23.1 Å². The molecule has 0 fully saturated rings. The first-order valence-electron chi connectivity index (χ1n) is 8.20. The van der Waals surface area contributed by atoms with E-state index in [0.717, 1.165) is 40.7 Å². The maximum atomic E-state index is 13.0. The molecule has 0 N–H and O–H groups in total. The highest BCUT2D eigenvalue weighted by Gasteiger charge is 2.15. The van der Waals surface area contributed by atoms with Crippen molar-refractivity contribution in [3.63, 3.8) is 0 Å². The normalized spacial score (nSPS) is 11.0. The number of benzene rings is 1. The summed E-state index contributed by atoms with van der Waals surface area (Å²) in [6, 6.07) is 8.76. The molecule has 0 aliphatic rings. The molecule has 0 saturated heterocycles. The van der Waals surface area contributed by atoms with Gasteiger partial charge in [-0.1, -0.05) is 43.3 Å². The third kappa shape index (κ3) is 4.38. The zero-order chi connectivity index (χ0) is 17.6. The van der Waals surface area contributed by atoms with Gasteiger partial charge in [-0.15, -0.1) is 28.1 Å². The van der Waals surface area contributed by atoms with Crippen molar-refractivity contribution in [3.8, 4) is 11.4 Å². The summed E-state index contributed by atoms with van der Waals surface area (Å²) in [6.45, 7) is 6.69. The first-order chi connectivity index (χ1) is 12.2. The van der Waals surface area contributed by atoms with Crippen LogP contribution in [0.3, 0.4) is 0 Å². The quantitative estimate of drug-likeness (QED) is 0.382. The van der Waals surface area contributed by atoms with Crippen molar-refractivity contribution in [2.45, 2.75) is 37.2 Å². The molecule has 0 bridgehead atoms. The number of rotatable bonds is 8. The van der Waals surface area contributed by atoms with Crippen LogP contribution in [-0.2, 0) is 18.7 Å². The Hall–Kier alpha value is -1.92. The Balaban J connectivity index is 1.80. The minimum absolute atomic E-state index is 0.216. The first kappa shape index (κ1) is 17.9. The van der Waals surface area contributed by atoms with Gasteiger partial charge in [0.15, 0.2) is 11.0 Å². The predicted molar refractivity (Wildman–Crippen MR) is 103 cm³/mol. The van der Waals surface area contributed by atoms with Crippen LogP contribution in [0, 0.1) is 5.82 Å². The van der Waals surface area contributed by atoms with Crippen LogP contribution in [0.4, 0.5) is 4.39 Å². The summed E-state index contributed by atoms with van der Waals surface area (Å²) < 4.78 is 15.1. The van der Waals surface area contributed by atoms with E-state index in [2.05, 4.69) is 39.7 Å². The fourth-order valence-corrected chi connectivity index (χ4v) is 4.38. The van der Waals surface area contributed by atoms with E-state index in [-0.39, 0.29) is 5.82 Å². The highest BCUT2D eigenvalue weighted by molar-refractivity contribution is 7.98. The largest absolute Gasteiger partial charge is 0.298 e. The van der Waals surface area contributed by atoms with Gasteiger partial charge in [0.25, 0.3) is 0 Å². The van der Waals surface area contributed by atoms with E-state index >= 15 is 0 Å². The van der Waals surface area contributed by atoms with Gasteiger partial charge in [-0.3, -0.25) is 4.57 Å². The van der Waals surface area contributed by atoms with Crippen LogP contribution in [0.2, 0.25) is 0 Å². The zero-order valence-electron chi connectivity index (χ0n) is 14.1. The van der Waals surface area contributed by atoms with Crippen molar-refractivity contribution in [1.29, 1.82) is 0 Å². The fraction of sp³-hybridized carbons (Fsp3) is 0.263. The SMILES string of the molecule is C=CCn1c(SCc2ccc(F)cc2)nnc1-c1csc(CCC)c1. The Morgan fingerprint density at radius 2 is 2.08 bits per heavy atom. The maximum Gasteiger partial charge on any atom is 0.192 e. The molecule has 130 valence electrons. The molecule has 0 radical (unpaired) electrons. The minimum Gasteiger partial charge on any atom is -0.298 e. The van der Waals surface area contributed by atoms with E-state index in [1.54, 1.807) is 35.2 Å². The zero-order valence-corrected chi connectivity index (χ0v) is 15.7. The smallest absolute Gasteiger partial charge is 0.192 e. The van der Waals surface area contributed by atoms with Crippen molar-refractivity contribution >= 4 is 23.1 Å². The molecule has 0 unspecified atom stereocenters. The molecule has 0 aliphatic carbocycles. The van der Waals surface area contributed by atoms with E-state index in [4.69, 9.17) is 0 Å². The third-order valence-corrected chi connectivity index (χ3v) is 5.75. The van der Waals surface area contributed by atoms with Gasteiger partial charge < -0.3 is 0 Å². The Morgan fingerprint density at radius 3 is 2.80 bits per heavy atom. The average Bonchev–Trinajstić information content (AvgIpc) is 3.22. The lowest BCUT2D eigenvalue weighted by Gasteiger charge is -2.07. The fourth-order valence-electron chi connectivity index (χ4n) is 2.51. The van der Waals surface area contributed by atoms with Gasteiger partial charge in [0.2, 0.25) is 0 Å². The van der Waals surface area contributed by atoms with Gasteiger partial charge in [0.1, 0.15) is 5.82 Å². The molecule has 0 spiro atoms. The molecule has 3 rings (SSSR count). The molecule has 6 heteroatoms. The molecule has 3 aromatic rings. The Labute approximate surface area is 155 Å². The number of thiophene rings is 1. The van der Waals surface area contributed by atoms with Gasteiger partial charge in [0.05, 0.1) is 0 Å². The van der Waals surface area contributed by atoms with Crippen LogP contribution < -0.4 is 0 Å². The summed E-state index contributed by atoms with van der Waals surface area (Å²) in [6.07, 6.45) is 4.08. The molecule has 2 heterocycles. The summed E-state index contributed by atoms with van der Waals surface area (Å²) in [5.74, 6) is 1.38. The first-order valence-corrected chi connectivity index (χ1v) is 10.1. The van der Waals surface area contributed by atoms with Crippen LogP contribution in [0.25, 0.3) is 11.4 Å². The Bertz CT molecular complexity index is 837. The molecule has 2 aromatic heterocycles. The number of hydrogen-bond donors (Lipinski definition) is 0. The molecule has 3 nitrogen and oxygen atoms in total. The lowest BCUT2D eigenvalue weighted by Crippen LogP contribution is -2.00. The van der Waals surface area contributed by atoms with Gasteiger partial charge >= 0.3 is 0 Å². The van der Waals surface area contributed by atoms with E-state index in [1.807, 2.05) is 6.08 Å². The summed E-state index contributed by atoms with van der Waals surface area (Å²) in [5, 5.41) is 11.7. The Morgan fingerprint density at radius 1 is 1.28 bits per heavy atom. The summed E-state index contributed by atoms with van der Waals surface area (Å²) in [4.78, 5) is 1.37. The molecular formula is C19H20FN3S2. The second-order valence-corrected chi connectivity index (χ2v) is 7.61. The number of allylic oxidation sites excluding steroid dienone is 1. The van der Waals surface area contributed by atoms with Crippen molar-refractivity contribution < 1.29 is 4.39 Å². The van der Waals surface area contributed by atoms with Crippen molar-refractivity contribution in [2.24, 2.45) is 0 Å². The maximum absolute atomic E-state index is 13.0. The second-order valence-electron chi connectivity index (χ2n) is 5.67. The molecule has 25 heavy (non-hydrogen) atoms. The van der Waals surface area contributed by atoms with Crippen LogP contribution in [0.5, 0.6) is 0 Å². The molecule has 1 aromatic carbocycles. The van der Waals surface area contributed by atoms with Gasteiger partial charge in [0, 0.05) is 28.1 Å². The van der Waals surface area contributed by atoms with Gasteiger partial charge in [-0.25, -0.2) is 4.39 Å². The highest BCUT2D eigenvalue weighted by atomic mass is 32.2.